The van der Waals surface area contributed by atoms with Crippen molar-refractivity contribution in [1.29, 1.82) is 0 Å². The number of ether oxygens (including phenoxy) is 1. The van der Waals surface area contributed by atoms with Gasteiger partial charge in [0, 0.05) is 42.6 Å². The molecule has 1 amide bonds. The summed E-state index contributed by atoms with van der Waals surface area (Å²) in [7, 11) is 0. The molecule has 1 aliphatic rings. The predicted molar refractivity (Wildman–Crippen MR) is 116 cm³/mol. The number of Topliss-reactive ketones (excluding diaryl/α,β-unsaturated/α-hetero) is 1. The van der Waals surface area contributed by atoms with E-state index in [0.717, 1.165) is 66.1 Å². The van der Waals surface area contributed by atoms with Gasteiger partial charge in [-0.2, -0.15) is 0 Å². The summed E-state index contributed by atoms with van der Waals surface area (Å²) in [4.78, 5) is 30.2. The molecule has 1 aromatic heterocycles. The predicted octanol–water partition coefficient (Wildman–Crippen LogP) is 2.96. The van der Waals surface area contributed by atoms with Crippen molar-refractivity contribution >= 4 is 22.6 Å². The highest BCUT2D eigenvalue weighted by molar-refractivity contribution is 5.97. The first-order valence-corrected chi connectivity index (χ1v) is 10.1. The van der Waals surface area contributed by atoms with Crippen molar-refractivity contribution in [2.45, 2.75) is 19.9 Å². The Balaban J connectivity index is 1.76. The minimum atomic E-state index is -0.465. The zero-order chi connectivity index (χ0) is 21.1. The Kier molecular flexibility index (Phi) is 5.88. The van der Waals surface area contributed by atoms with E-state index in [0.29, 0.717) is 12.0 Å². The van der Waals surface area contributed by atoms with Crippen LogP contribution in [0.5, 0.6) is 0 Å². The molecule has 0 spiro atoms. The number of morpholine rings is 1. The van der Waals surface area contributed by atoms with E-state index in [1.165, 1.54) is 0 Å². The molecule has 4 rings (SSSR count). The lowest BCUT2D eigenvalue weighted by Crippen LogP contribution is -2.35. The third-order valence-electron chi connectivity index (χ3n) is 5.38. The van der Waals surface area contributed by atoms with Crippen LogP contribution < -0.4 is 5.73 Å². The summed E-state index contributed by atoms with van der Waals surface area (Å²) in [5.74, 6) is -0.328. The van der Waals surface area contributed by atoms with Crippen LogP contribution in [0, 0.1) is 0 Å². The lowest BCUT2D eigenvalue weighted by atomic mass is 10.0. The van der Waals surface area contributed by atoms with E-state index < -0.39 is 5.91 Å². The molecule has 1 fully saturated rings. The van der Waals surface area contributed by atoms with E-state index in [-0.39, 0.29) is 5.78 Å². The molecule has 154 valence electrons. The second kappa shape index (κ2) is 8.73. The van der Waals surface area contributed by atoms with E-state index in [1.807, 2.05) is 30.3 Å². The summed E-state index contributed by atoms with van der Waals surface area (Å²) >= 11 is 0. The average Bonchev–Trinajstić information content (AvgIpc) is 2.74. The Bertz CT molecular complexity index is 1090. The maximum Gasteiger partial charge on any atom is 0.248 e. The molecule has 2 aromatic carbocycles. The summed E-state index contributed by atoms with van der Waals surface area (Å²) in [6.45, 7) is 5.62. The van der Waals surface area contributed by atoms with Gasteiger partial charge in [-0.05, 0) is 36.2 Å². The first-order chi connectivity index (χ1) is 14.5. The first kappa shape index (κ1) is 20.2. The maximum atomic E-state index is 11.7. The molecule has 30 heavy (non-hydrogen) atoms. The zero-order valence-corrected chi connectivity index (χ0v) is 17.1. The van der Waals surface area contributed by atoms with Crippen molar-refractivity contribution < 1.29 is 14.3 Å². The fraction of sp³-hybridized carbons (Fsp3) is 0.292. The highest BCUT2D eigenvalue weighted by Gasteiger charge is 2.15. The van der Waals surface area contributed by atoms with Gasteiger partial charge in [0.25, 0.3) is 0 Å². The SMILES string of the molecule is CC(=O)Cc1ccc(-c2cc(CN3CCOCC3)c3ccc(C(N)=O)cc3n2)cc1. The van der Waals surface area contributed by atoms with Gasteiger partial charge in [0.05, 0.1) is 24.4 Å². The summed E-state index contributed by atoms with van der Waals surface area (Å²) < 4.78 is 5.47. The van der Waals surface area contributed by atoms with Crippen LogP contribution >= 0.6 is 0 Å². The van der Waals surface area contributed by atoms with Crippen molar-refractivity contribution in [2.75, 3.05) is 26.3 Å². The molecular weight excluding hydrogens is 378 g/mol. The Hall–Kier alpha value is -3.09. The highest BCUT2D eigenvalue weighted by Crippen LogP contribution is 2.27. The third-order valence-corrected chi connectivity index (χ3v) is 5.38. The lowest BCUT2D eigenvalue weighted by Gasteiger charge is -2.27. The molecule has 0 bridgehead atoms. The molecule has 0 saturated carbocycles. The number of fused-ring (bicyclic) bond motifs is 1. The van der Waals surface area contributed by atoms with Gasteiger partial charge < -0.3 is 10.5 Å². The Morgan fingerprint density at radius 1 is 1.07 bits per heavy atom. The quantitative estimate of drug-likeness (QED) is 0.684. The number of amides is 1. The summed E-state index contributed by atoms with van der Waals surface area (Å²) in [5.41, 5.74) is 10.6. The molecular formula is C24H25N3O3. The number of rotatable bonds is 6. The Morgan fingerprint density at radius 3 is 2.47 bits per heavy atom. The van der Waals surface area contributed by atoms with Crippen LogP contribution in [0.4, 0.5) is 0 Å². The van der Waals surface area contributed by atoms with Gasteiger partial charge >= 0.3 is 0 Å². The van der Waals surface area contributed by atoms with Crippen LogP contribution in [0.15, 0.2) is 48.5 Å². The van der Waals surface area contributed by atoms with E-state index >= 15 is 0 Å². The molecule has 1 aliphatic heterocycles. The van der Waals surface area contributed by atoms with Crippen molar-refractivity contribution in [3.8, 4) is 11.3 Å². The van der Waals surface area contributed by atoms with Gasteiger partial charge in [-0.3, -0.25) is 14.5 Å². The Labute approximate surface area is 175 Å². The van der Waals surface area contributed by atoms with Crippen LogP contribution in [-0.2, 0) is 22.5 Å². The van der Waals surface area contributed by atoms with Crippen molar-refractivity contribution in [2.24, 2.45) is 5.73 Å². The number of pyridine rings is 1. The van der Waals surface area contributed by atoms with Crippen LogP contribution in [0.1, 0.15) is 28.4 Å². The van der Waals surface area contributed by atoms with Crippen LogP contribution in [-0.4, -0.2) is 47.9 Å². The van der Waals surface area contributed by atoms with Gasteiger partial charge in [-0.15, -0.1) is 0 Å². The van der Waals surface area contributed by atoms with E-state index in [2.05, 4.69) is 11.0 Å². The number of benzene rings is 2. The molecule has 0 radical (unpaired) electrons. The topological polar surface area (TPSA) is 85.5 Å². The normalized spacial score (nSPS) is 14.7. The monoisotopic (exact) mass is 403 g/mol. The number of hydrogen-bond acceptors (Lipinski definition) is 5. The smallest absolute Gasteiger partial charge is 0.248 e. The summed E-state index contributed by atoms with van der Waals surface area (Å²) in [6, 6.07) is 15.5. The molecule has 0 unspecified atom stereocenters. The number of carbonyl (C=O) groups is 2. The van der Waals surface area contributed by atoms with Crippen LogP contribution in [0.3, 0.4) is 0 Å². The standard InChI is InChI=1S/C24H25N3O3/c1-16(28)12-17-2-4-18(5-3-17)22-14-20(15-27-8-10-30-11-9-27)21-7-6-19(24(25)29)13-23(21)26-22/h2-7,13-14H,8-12,15H2,1H3,(H2,25,29). The third kappa shape index (κ3) is 4.56. The van der Waals surface area contributed by atoms with Crippen molar-refractivity contribution in [3.63, 3.8) is 0 Å². The van der Waals surface area contributed by atoms with Gasteiger partial charge in [-0.1, -0.05) is 30.3 Å². The second-order valence-corrected chi connectivity index (χ2v) is 7.73. The molecule has 6 heteroatoms. The minimum Gasteiger partial charge on any atom is -0.379 e. The van der Waals surface area contributed by atoms with E-state index in [9.17, 15) is 9.59 Å². The van der Waals surface area contributed by atoms with Crippen LogP contribution in [0.25, 0.3) is 22.2 Å². The molecule has 1 saturated heterocycles. The van der Waals surface area contributed by atoms with E-state index in [4.69, 9.17) is 15.5 Å². The number of carbonyl (C=O) groups excluding carboxylic acids is 2. The molecule has 3 aromatic rings. The van der Waals surface area contributed by atoms with Crippen LogP contribution in [0.2, 0.25) is 0 Å². The summed E-state index contributed by atoms with van der Waals surface area (Å²) in [6.07, 6.45) is 0.426. The minimum absolute atomic E-state index is 0.137. The largest absolute Gasteiger partial charge is 0.379 e. The number of aromatic nitrogens is 1. The number of nitrogens with two attached hydrogens (primary N) is 1. The lowest BCUT2D eigenvalue weighted by molar-refractivity contribution is -0.116. The second-order valence-electron chi connectivity index (χ2n) is 7.73. The fourth-order valence-corrected chi connectivity index (χ4v) is 3.81. The van der Waals surface area contributed by atoms with Crippen molar-refractivity contribution in [3.05, 3.63) is 65.2 Å². The molecule has 6 nitrogen and oxygen atoms in total. The van der Waals surface area contributed by atoms with E-state index in [1.54, 1.807) is 19.1 Å². The van der Waals surface area contributed by atoms with Crippen molar-refractivity contribution in [1.82, 2.24) is 9.88 Å². The molecule has 0 atom stereocenters. The molecule has 2 heterocycles. The first-order valence-electron chi connectivity index (χ1n) is 10.1. The fourth-order valence-electron chi connectivity index (χ4n) is 3.81. The molecule has 2 N–H and O–H groups in total. The van der Waals surface area contributed by atoms with Gasteiger partial charge in [-0.25, -0.2) is 4.98 Å². The average molecular weight is 403 g/mol. The number of nitrogens with zero attached hydrogens (tertiary/aromatic N) is 2. The number of primary amides is 1. The van der Waals surface area contributed by atoms with Gasteiger partial charge in [0.2, 0.25) is 5.91 Å². The number of hydrogen-bond donors (Lipinski definition) is 1. The highest BCUT2D eigenvalue weighted by atomic mass is 16.5. The number of ketones is 1. The van der Waals surface area contributed by atoms with Gasteiger partial charge in [0.15, 0.2) is 0 Å². The Morgan fingerprint density at radius 2 is 1.80 bits per heavy atom. The van der Waals surface area contributed by atoms with Gasteiger partial charge in [0.1, 0.15) is 5.78 Å². The molecule has 0 aliphatic carbocycles. The maximum absolute atomic E-state index is 11.7. The zero-order valence-electron chi connectivity index (χ0n) is 17.1. The summed E-state index contributed by atoms with van der Waals surface area (Å²) in [5, 5.41) is 1.02.